The highest BCUT2D eigenvalue weighted by molar-refractivity contribution is 5.40. The molecule has 0 bridgehead atoms. The van der Waals surface area contributed by atoms with E-state index >= 15 is 0 Å². The minimum atomic E-state index is 0.293. The van der Waals surface area contributed by atoms with Crippen molar-refractivity contribution in [3.05, 3.63) is 53.9 Å². The van der Waals surface area contributed by atoms with Gasteiger partial charge < -0.3 is 10.8 Å². The normalized spacial score (nSPS) is 10.1. The van der Waals surface area contributed by atoms with Crippen molar-refractivity contribution in [3.8, 4) is 5.75 Å². The van der Waals surface area contributed by atoms with Crippen LogP contribution in [0.2, 0.25) is 0 Å². The van der Waals surface area contributed by atoms with Crippen LogP contribution in [0.5, 0.6) is 5.75 Å². The molecular formula is C12H12N2O. The third-order valence-corrected chi connectivity index (χ3v) is 2.20. The van der Waals surface area contributed by atoms with Crippen LogP contribution in [0.25, 0.3) is 0 Å². The van der Waals surface area contributed by atoms with Crippen molar-refractivity contribution < 1.29 is 5.11 Å². The quantitative estimate of drug-likeness (QED) is 0.779. The maximum Gasteiger partial charge on any atom is 0.119 e. The van der Waals surface area contributed by atoms with Crippen molar-refractivity contribution in [2.75, 3.05) is 5.73 Å². The summed E-state index contributed by atoms with van der Waals surface area (Å²) >= 11 is 0. The molecule has 0 unspecified atom stereocenters. The van der Waals surface area contributed by atoms with Crippen LogP contribution in [0.3, 0.4) is 0 Å². The first-order chi connectivity index (χ1) is 7.25. The molecule has 1 aromatic heterocycles. The first kappa shape index (κ1) is 9.52. The summed E-state index contributed by atoms with van der Waals surface area (Å²) < 4.78 is 0. The van der Waals surface area contributed by atoms with Crippen molar-refractivity contribution >= 4 is 5.69 Å². The van der Waals surface area contributed by atoms with E-state index in [1.807, 2.05) is 18.2 Å². The van der Waals surface area contributed by atoms with Gasteiger partial charge in [0.25, 0.3) is 0 Å². The average Bonchev–Trinajstić information content (AvgIpc) is 2.22. The minimum Gasteiger partial charge on any atom is -0.508 e. The molecule has 2 aromatic rings. The number of para-hydroxylation sites is 1. The van der Waals surface area contributed by atoms with E-state index in [-0.39, 0.29) is 0 Å². The molecule has 0 aliphatic rings. The maximum absolute atomic E-state index is 9.58. The largest absolute Gasteiger partial charge is 0.508 e. The topological polar surface area (TPSA) is 59.1 Å². The lowest BCUT2D eigenvalue weighted by atomic mass is 10.1. The number of phenolic OH excluding ortho intramolecular Hbond substituents is 1. The molecule has 3 N–H and O–H groups in total. The fourth-order valence-electron chi connectivity index (χ4n) is 1.45. The molecule has 1 aromatic carbocycles. The van der Waals surface area contributed by atoms with Crippen LogP contribution >= 0.6 is 0 Å². The lowest BCUT2D eigenvalue weighted by molar-refractivity contribution is 0.469. The molecule has 3 heteroatoms. The number of nitrogens with zero attached hydrogens (tertiary/aromatic N) is 1. The Morgan fingerprint density at radius 2 is 2.00 bits per heavy atom. The van der Waals surface area contributed by atoms with Gasteiger partial charge >= 0.3 is 0 Å². The Balaban J connectivity index is 2.26. The van der Waals surface area contributed by atoms with Crippen LogP contribution < -0.4 is 5.73 Å². The molecule has 0 saturated carbocycles. The molecule has 0 aliphatic heterocycles. The third-order valence-electron chi connectivity index (χ3n) is 2.20. The molecule has 1 heterocycles. The molecule has 0 amide bonds. The highest BCUT2D eigenvalue weighted by Crippen LogP contribution is 2.19. The number of aromatic nitrogens is 1. The first-order valence-corrected chi connectivity index (χ1v) is 4.73. The number of anilines is 1. The van der Waals surface area contributed by atoms with Crippen molar-refractivity contribution in [1.29, 1.82) is 0 Å². The Morgan fingerprint density at radius 3 is 2.73 bits per heavy atom. The second-order valence-electron chi connectivity index (χ2n) is 3.39. The molecule has 76 valence electrons. The van der Waals surface area contributed by atoms with Gasteiger partial charge in [-0.15, -0.1) is 0 Å². The van der Waals surface area contributed by atoms with Gasteiger partial charge in [0.15, 0.2) is 0 Å². The summed E-state index contributed by atoms with van der Waals surface area (Å²) in [4.78, 5) is 4.18. The number of phenols is 1. The van der Waals surface area contributed by atoms with Crippen LogP contribution in [0.4, 0.5) is 5.69 Å². The molecule has 0 fully saturated rings. The molecule has 0 atom stereocenters. The van der Waals surface area contributed by atoms with Crippen LogP contribution in [0.15, 0.2) is 42.6 Å². The number of hydrogen-bond acceptors (Lipinski definition) is 3. The Kier molecular flexibility index (Phi) is 2.54. The standard InChI is InChI=1S/C12H12N2O/c13-10-5-6-14-11(8-10)7-9-3-1-2-4-12(9)15/h1-6,8,15H,7H2,(H2,13,14). The molecule has 15 heavy (non-hydrogen) atoms. The Bertz CT molecular complexity index is 469. The number of nitrogen functional groups attached to an aromatic ring is 1. The zero-order valence-electron chi connectivity index (χ0n) is 8.22. The van der Waals surface area contributed by atoms with Gasteiger partial charge in [-0.1, -0.05) is 18.2 Å². The number of pyridine rings is 1. The van der Waals surface area contributed by atoms with Gasteiger partial charge in [0.05, 0.1) is 0 Å². The van der Waals surface area contributed by atoms with Crippen molar-refractivity contribution in [2.45, 2.75) is 6.42 Å². The second kappa shape index (κ2) is 4.00. The predicted molar refractivity (Wildman–Crippen MR) is 59.6 cm³/mol. The van der Waals surface area contributed by atoms with E-state index in [2.05, 4.69) is 4.98 Å². The number of benzene rings is 1. The molecule has 2 rings (SSSR count). The van der Waals surface area contributed by atoms with Crippen LogP contribution in [-0.4, -0.2) is 10.1 Å². The first-order valence-electron chi connectivity index (χ1n) is 4.73. The molecule has 0 spiro atoms. The molecule has 0 aliphatic carbocycles. The van der Waals surface area contributed by atoms with Gasteiger partial charge in [0.1, 0.15) is 5.75 Å². The van der Waals surface area contributed by atoms with Gasteiger partial charge in [-0.25, -0.2) is 0 Å². The van der Waals surface area contributed by atoms with Crippen LogP contribution in [0.1, 0.15) is 11.3 Å². The number of hydrogen-bond donors (Lipinski definition) is 2. The van der Waals surface area contributed by atoms with E-state index < -0.39 is 0 Å². The molecule has 3 nitrogen and oxygen atoms in total. The smallest absolute Gasteiger partial charge is 0.119 e. The fourth-order valence-corrected chi connectivity index (χ4v) is 1.45. The van der Waals surface area contributed by atoms with Crippen molar-refractivity contribution in [3.63, 3.8) is 0 Å². The molecule has 0 radical (unpaired) electrons. The fraction of sp³-hybridized carbons (Fsp3) is 0.0833. The zero-order valence-corrected chi connectivity index (χ0v) is 8.22. The monoisotopic (exact) mass is 200 g/mol. The number of aromatic hydroxyl groups is 1. The van der Waals surface area contributed by atoms with E-state index in [1.165, 1.54) is 0 Å². The lowest BCUT2D eigenvalue weighted by Gasteiger charge is -2.04. The summed E-state index contributed by atoms with van der Waals surface area (Å²) in [6, 6.07) is 10.8. The average molecular weight is 200 g/mol. The SMILES string of the molecule is Nc1ccnc(Cc2ccccc2O)c1. The Labute approximate surface area is 88.2 Å². The van der Waals surface area contributed by atoms with Crippen LogP contribution in [-0.2, 0) is 6.42 Å². The maximum atomic E-state index is 9.58. The van der Waals surface area contributed by atoms with Crippen LogP contribution in [0, 0.1) is 0 Å². The van der Waals surface area contributed by atoms with E-state index in [0.717, 1.165) is 11.3 Å². The van der Waals surface area contributed by atoms with Crippen molar-refractivity contribution in [2.24, 2.45) is 0 Å². The predicted octanol–water partition coefficient (Wildman–Crippen LogP) is 1.96. The highest BCUT2D eigenvalue weighted by atomic mass is 16.3. The third kappa shape index (κ3) is 2.26. The number of nitrogens with two attached hydrogens (primary N) is 1. The number of rotatable bonds is 2. The van der Waals surface area contributed by atoms with Gasteiger partial charge in [0.2, 0.25) is 0 Å². The van der Waals surface area contributed by atoms with E-state index in [1.54, 1.807) is 24.4 Å². The highest BCUT2D eigenvalue weighted by Gasteiger charge is 2.02. The second-order valence-corrected chi connectivity index (χ2v) is 3.39. The zero-order chi connectivity index (χ0) is 10.7. The van der Waals surface area contributed by atoms with Gasteiger partial charge in [0, 0.05) is 24.0 Å². The lowest BCUT2D eigenvalue weighted by Crippen LogP contribution is -1.94. The molecular weight excluding hydrogens is 188 g/mol. The molecule has 0 saturated heterocycles. The van der Waals surface area contributed by atoms with E-state index in [0.29, 0.717) is 17.9 Å². The minimum absolute atomic E-state index is 0.293. The summed E-state index contributed by atoms with van der Waals surface area (Å²) in [6.07, 6.45) is 2.27. The van der Waals surface area contributed by atoms with E-state index in [4.69, 9.17) is 5.73 Å². The summed E-state index contributed by atoms with van der Waals surface area (Å²) in [5.41, 5.74) is 8.05. The Hall–Kier alpha value is -2.03. The van der Waals surface area contributed by atoms with Gasteiger partial charge in [-0.3, -0.25) is 4.98 Å². The van der Waals surface area contributed by atoms with Gasteiger partial charge in [-0.2, -0.15) is 0 Å². The Morgan fingerprint density at radius 1 is 1.20 bits per heavy atom. The van der Waals surface area contributed by atoms with Gasteiger partial charge in [-0.05, 0) is 23.8 Å². The summed E-state index contributed by atoms with van der Waals surface area (Å²) in [6.45, 7) is 0. The van der Waals surface area contributed by atoms with Crippen molar-refractivity contribution in [1.82, 2.24) is 4.98 Å². The van der Waals surface area contributed by atoms with E-state index in [9.17, 15) is 5.11 Å². The summed E-state index contributed by atoms with van der Waals surface area (Å²) in [5.74, 6) is 0.293. The summed E-state index contributed by atoms with van der Waals surface area (Å²) in [7, 11) is 0. The summed E-state index contributed by atoms with van der Waals surface area (Å²) in [5, 5.41) is 9.58.